The van der Waals surface area contributed by atoms with Gasteiger partial charge in [0.15, 0.2) is 6.61 Å². The van der Waals surface area contributed by atoms with Crippen molar-refractivity contribution in [2.75, 3.05) is 42.7 Å². The number of esters is 1. The molecule has 0 unspecified atom stereocenters. The summed E-state index contributed by atoms with van der Waals surface area (Å²) >= 11 is 1.22. The first kappa shape index (κ1) is 23.2. The number of thiophene rings is 1. The van der Waals surface area contributed by atoms with E-state index in [9.17, 15) is 18.0 Å². The second-order valence-corrected chi connectivity index (χ2v) is 10.5. The molecular formula is C21H27N3O5S2. The van der Waals surface area contributed by atoms with Gasteiger partial charge in [0.05, 0.1) is 6.26 Å². The van der Waals surface area contributed by atoms with Gasteiger partial charge in [-0.05, 0) is 62.1 Å². The third kappa shape index (κ3) is 7.05. The molecule has 1 amide bonds. The van der Waals surface area contributed by atoms with Gasteiger partial charge in [0.1, 0.15) is 4.88 Å². The van der Waals surface area contributed by atoms with Gasteiger partial charge in [-0.1, -0.05) is 0 Å². The fraction of sp³-hybridized carbons (Fsp3) is 0.429. The number of nitrogens with zero attached hydrogens (tertiary/aromatic N) is 1. The Balaban J connectivity index is 1.46. The summed E-state index contributed by atoms with van der Waals surface area (Å²) in [4.78, 5) is 28.0. The minimum atomic E-state index is -3.24. The number of hydrogen-bond acceptors (Lipinski definition) is 7. The Bertz CT molecular complexity index is 1040. The number of ether oxygens (including phenoxy) is 1. The molecule has 8 nitrogen and oxygen atoms in total. The Morgan fingerprint density at radius 2 is 1.90 bits per heavy atom. The second kappa shape index (κ2) is 10.3. The van der Waals surface area contributed by atoms with E-state index in [4.69, 9.17) is 4.74 Å². The van der Waals surface area contributed by atoms with Crippen LogP contribution < -0.4 is 14.9 Å². The van der Waals surface area contributed by atoms with Crippen molar-refractivity contribution in [3.8, 4) is 0 Å². The summed E-state index contributed by atoms with van der Waals surface area (Å²) in [7, 11) is -3.24. The molecule has 1 fully saturated rings. The van der Waals surface area contributed by atoms with Crippen molar-refractivity contribution in [2.45, 2.75) is 26.2 Å². The highest BCUT2D eigenvalue weighted by molar-refractivity contribution is 7.88. The number of carbonyl (C=O) groups excluding carboxylic acids is 2. The van der Waals surface area contributed by atoms with Crippen LogP contribution in [0.2, 0.25) is 0 Å². The van der Waals surface area contributed by atoms with Crippen LogP contribution >= 0.6 is 11.3 Å². The van der Waals surface area contributed by atoms with Crippen LogP contribution in [0.4, 0.5) is 11.4 Å². The van der Waals surface area contributed by atoms with Gasteiger partial charge in [-0.2, -0.15) is 0 Å². The average molecular weight is 466 g/mol. The second-order valence-electron chi connectivity index (χ2n) is 7.50. The molecule has 3 rings (SSSR count). The Kier molecular flexibility index (Phi) is 7.69. The fourth-order valence-corrected chi connectivity index (χ4v) is 4.70. The minimum Gasteiger partial charge on any atom is -0.451 e. The molecule has 2 heterocycles. The summed E-state index contributed by atoms with van der Waals surface area (Å²) in [5, 5.41) is 2.79. The van der Waals surface area contributed by atoms with E-state index in [1.165, 1.54) is 24.2 Å². The number of aryl methyl sites for hydroxylation is 1. The molecule has 10 heteroatoms. The number of amides is 1. The summed E-state index contributed by atoms with van der Waals surface area (Å²) < 4.78 is 29.7. The fourth-order valence-electron chi connectivity index (χ4n) is 3.33. The van der Waals surface area contributed by atoms with Gasteiger partial charge in [-0.3, -0.25) is 4.79 Å². The predicted molar refractivity (Wildman–Crippen MR) is 122 cm³/mol. The molecule has 2 aromatic rings. The molecular weight excluding hydrogens is 438 g/mol. The molecule has 1 aromatic heterocycles. The number of rotatable bonds is 9. The quantitative estimate of drug-likeness (QED) is 0.552. The maximum absolute atomic E-state index is 12.2. The molecule has 1 aromatic carbocycles. The van der Waals surface area contributed by atoms with E-state index in [-0.39, 0.29) is 13.2 Å². The molecule has 1 aliphatic rings. The van der Waals surface area contributed by atoms with Gasteiger partial charge in [-0.25, -0.2) is 17.9 Å². The number of carbonyl (C=O) groups is 2. The third-order valence-corrected chi connectivity index (χ3v) is 6.74. The first-order valence-corrected chi connectivity index (χ1v) is 12.8. The smallest absolute Gasteiger partial charge is 0.348 e. The number of anilines is 2. The van der Waals surface area contributed by atoms with Crippen LogP contribution in [-0.4, -0.2) is 52.8 Å². The van der Waals surface area contributed by atoms with Gasteiger partial charge >= 0.3 is 5.97 Å². The Hall–Kier alpha value is -2.43. The van der Waals surface area contributed by atoms with Crippen molar-refractivity contribution in [1.29, 1.82) is 0 Å². The largest absolute Gasteiger partial charge is 0.451 e. The number of benzene rings is 1. The number of nitrogens with one attached hydrogen (secondary N) is 2. The molecule has 0 bridgehead atoms. The summed E-state index contributed by atoms with van der Waals surface area (Å²) in [5.74, 6) is -0.983. The van der Waals surface area contributed by atoms with Crippen molar-refractivity contribution in [1.82, 2.24) is 4.72 Å². The zero-order valence-electron chi connectivity index (χ0n) is 17.6. The summed E-state index contributed by atoms with van der Waals surface area (Å²) in [6, 6.07) is 9.28. The van der Waals surface area contributed by atoms with Crippen molar-refractivity contribution < 1.29 is 22.7 Å². The lowest BCUT2D eigenvalue weighted by Gasteiger charge is -2.19. The first-order valence-electron chi connectivity index (χ1n) is 10.1. The van der Waals surface area contributed by atoms with E-state index in [1.807, 2.05) is 19.1 Å². The van der Waals surface area contributed by atoms with E-state index >= 15 is 0 Å². The number of sulfonamides is 1. The van der Waals surface area contributed by atoms with Crippen molar-refractivity contribution in [3.05, 3.63) is 45.6 Å². The van der Waals surface area contributed by atoms with Crippen molar-refractivity contribution in [2.24, 2.45) is 0 Å². The molecule has 0 radical (unpaired) electrons. The lowest BCUT2D eigenvalue weighted by atomic mass is 10.1. The van der Waals surface area contributed by atoms with Gasteiger partial charge in [-0.15, -0.1) is 11.3 Å². The zero-order valence-corrected chi connectivity index (χ0v) is 19.3. The first-order chi connectivity index (χ1) is 14.7. The standard InChI is InChI=1S/C21H27N3O5S2/c1-15-13-16(24-11-3-4-12-24)5-7-18(15)23-20(25)14-29-21(26)19-8-6-17(30-19)9-10-22-31(2,27)28/h5-8,13,22H,3-4,9-12,14H2,1-2H3,(H,23,25). The van der Waals surface area contributed by atoms with Crippen LogP contribution in [0.25, 0.3) is 0 Å². The van der Waals surface area contributed by atoms with E-state index < -0.39 is 21.9 Å². The van der Waals surface area contributed by atoms with E-state index in [0.717, 1.165) is 35.5 Å². The molecule has 168 valence electrons. The maximum atomic E-state index is 12.2. The van der Waals surface area contributed by atoms with Crippen LogP contribution in [0.3, 0.4) is 0 Å². The van der Waals surface area contributed by atoms with Crippen LogP contribution in [0, 0.1) is 6.92 Å². The molecule has 0 saturated carbocycles. The van der Waals surface area contributed by atoms with E-state index in [0.29, 0.717) is 17.0 Å². The highest BCUT2D eigenvalue weighted by Gasteiger charge is 2.16. The monoisotopic (exact) mass is 465 g/mol. The van der Waals surface area contributed by atoms with Gasteiger partial charge < -0.3 is 15.0 Å². The average Bonchev–Trinajstić information content (AvgIpc) is 3.39. The molecule has 1 aliphatic heterocycles. The normalized spacial score (nSPS) is 13.9. The van der Waals surface area contributed by atoms with Crippen LogP contribution in [0.5, 0.6) is 0 Å². The van der Waals surface area contributed by atoms with Crippen LogP contribution in [0.1, 0.15) is 33.0 Å². The summed E-state index contributed by atoms with van der Waals surface area (Å²) in [5.41, 5.74) is 2.80. The molecule has 31 heavy (non-hydrogen) atoms. The number of hydrogen-bond donors (Lipinski definition) is 2. The lowest BCUT2D eigenvalue weighted by molar-refractivity contribution is -0.119. The Morgan fingerprint density at radius 1 is 1.16 bits per heavy atom. The predicted octanol–water partition coefficient (Wildman–Crippen LogP) is 2.54. The summed E-state index contributed by atoms with van der Waals surface area (Å²) in [6.45, 7) is 3.92. The topological polar surface area (TPSA) is 105 Å². The van der Waals surface area contributed by atoms with Crippen LogP contribution in [0.15, 0.2) is 30.3 Å². The van der Waals surface area contributed by atoms with Crippen molar-refractivity contribution in [3.63, 3.8) is 0 Å². The van der Waals surface area contributed by atoms with Gasteiger partial charge in [0, 0.05) is 35.9 Å². The highest BCUT2D eigenvalue weighted by atomic mass is 32.2. The summed E-state index contributed by atoms with van der Waals surface area (Å²) in [6.07, 6.45) is 3.97. The van der Waals surface area contributed by atoms with Crippen LogP contribution in [-0.2, 0) is 26.0 Å². The van der Waals surface area contributed by atoms with E-state index in [1.54, 1.807) is 12.1 Å². The van der Waals surface area contributed by atoms with Gasteiger partial charge in [0.2, 0.25) is 10.0 Å². The molecule has 2 N–H and O–H groups in total. The lowest BCUT2D eigenvalue weighted by Crippen LogP contribution is -2.24. The van der Waals surface area contributed by atoms with Crippen molar-refractivity contribution >= 4 is 44.6 Å². The Morgan fingerprint density at radius 3 is 2.58 bits per heavy atom. The molecule has 1 saturated heterocycles. The van der Waals surface area contributed by atoms with E-state index in [2.05, 4.69) is 21.0 Å². The zero-order chi connectivity index (χ0) is 22.4. The SMILES string of the molecule is Cc1cc(N2CCCC2)ccc1NC(=O)COC(=O)c1ccc(CCNS(C)(=O)=O)s1. The Labute approximate surface area is 186 Å². The minimum absolute atomic E-state index is 0.256. The third-order valence-electron chi connectivity index (χ3n) is 4.89. The van der Waals surface area contributed by atoms with Gasteiger partial charge in [0.25, 0.3) is 5.91 Å². The molecule has 0 atom stereocenters. The molecule has 0 aliphatic carbocycles. The highest BCUT2D eigenvalue weighted by Crippen LogP contribution is 2.25. The maximum Gasteiger partial charge on any atom is 0.348 e. The molecule has 0 spiro atoms.